The van der Waals surface area contributed by atoms with E-state index in [1.54, 1.807) is 22.1 Å². The second-order valence-corrected chi connectivity index (χ2v) is 5.34. The molecule has 9 nitrogen and oxygen atoms in total. The molecule has 3 atom stereocenters. The minimum absolute atomic E-state index is 0.225. The average molecular weight is 306 g/mol. The molecule has 2 aromatic heterocycles. The van der Waals surface area contributed by atoms with E-state index in [9.17, 15) is 10.2 Å². The minimum Gasteiger partial charge on any atom is -0.394 e. The van der Waals surface area contributed by atoms with E-state index in [2.05, 4.69) is 19.9 Å². The van der Waals surface area contributed by atoms with E-state index in [0.717, 1.165) is 0 Å². The van der Waals surface area contributed by atoms with Gasteiger partial charge in [0, 0.05) is 20.5 Å². The van der Waals surface area contributed by atoms with Crippen molar-refractivity contribution in [2.24, 2.45) is 4.99 Å². The van der Waals surface area contributed by atoms with Gasteiger partial charge in [-0.05, 0) is 0 Å². The van der Waals surface area contributed by atoms with Crippen molar-refractivity contribution in [3.63, 3.8) is 0 Å². The molecule has 0 aliphatic carbocycles. The second-order valence-electron chi connectivity index (χ2n) is 5.34. The molecule has 1 saturated heterocycles. The number of fused-ring (bicyclic) bond motifs is 1. The molecule has 0 unspecified atom stereocenters. The first-order valence-electron chi connectivity index (χ1n) is 6.92. The molecule has 1 fully saturated rings. The van der Waals surface area contributed by atoms with Crippen LogP contribution in [-0.2, 0) is 4.74 Å². The van der Waals surface area contributed by atoms with Gasteiger partial charge in [-0.15, -0.1) is 0 Å². The standard InChI is InChI=1S/C13H18N6O3/c1-18(2)6-17-12-11-13(15-5-14-12)19(7-16-11)10-3-8(21)9(4-20)22-10/h5-10,20-21H,3-4H2,1-2H3/t8-,9+,10+/m0/s1. The van der Waals surface area contributed by atoms with Crippen LogP contribution in [0.15, 0.2) is 17.6 Å². The zero-order valence-corrected chi connectivity index (χ0v) is 12.4. The molecule has 0 saturated carbocycles. The fourth-order valence-corrected chi connectivity index (χ4v) is 2.37. The number of aliphatic imine (C=N–C) groups is 1. The summed E-state index contributed by atoms with van der Waals surface area (Å²) in [6.07, 6.45) is 3.30. The summed E-state index contributed by atoms with van der Waals surface area (Å²) >= 11 is 0. The summed E-state index contributed by atoms with van der Waals surface area (Å²) < 4.78 is 7.36. The SMILES string of the molecule is CN(C)C=Nc1ncnc2c1ncn2[C@H]1C[C@H](O)[C@@H](CO)O1. The van der Waals surface area contributed by atoms with Gasteiger partial charge in [0.2, 0.25) is 0 Å². The van der Waals surface area contributed by atoms with Crippen molar-refractivity contribution in [2.45, 2.75) is 24.9 Å². The molecule has 2 aromatic rings. The first-order valence-corrected chi connectivity index (χ1v) is 6.92. The van der Waals surface area contributed by atoms with E-state index >= 15 is 0 Å². The Kier molecular flexibility index (Phi) is 4.01. The van der Waals surface area contributed by atoms with E-state index in [-0.39, 0.29) is 6.61 Å². The molecule has 2 N–H and O–H groups in total. The highest BCUT2D eigenvalue weighted by Crippen LogP contribution is 2.31. The van der Waals surface area contributed by atoms with Crippen molar-refractivity contribution in [3.8, 4) is 0 Å². The number of nitrogens with zero attached hydrogens (tertiary/aromatic N) is 6. The van der Waals surface area contributed by atoms with Crippen LogP contribution in [0.25, 0.3) is 11.2 Å². The van der Waals surface area contributed by atoms with Gasteiger partial charge < -0.3 is 19.8 Å². The molecule has 0 radical (unpaired) electrons. The zero-order chi connectivity index (χ0) is 15.7. The second kappa shape index (κ2) is 5.95. The van der Waals surface area contributed by atoms with Crippen LogP contribution in [0.2, 0.25) is 0 Å². The third-order valence-corrected chi connectivity index (χ3v) is 3.44. The fourth-order valence-electron chi connectivity index (χ4n) is 2.37. The van der Waals surface area contributed by atoms with Gasteiger partial charge in [-0.3, -0.25) is 4.57 Å². The maximum atomic E-state index is 9.85. The highest BCUT2D eigenvalue weighted by molar-refractivity contribution is 5.82. The summed E-state index contributed by atoms with van der Waals surface area (Å²) in [6.45, 7) is -0.225. The van der Waals surface area contributed by atoms with Crippen LogP contribution in [0.4, 0.5) is 5.82 Å². The molecule has 22 heavy (non-hydrogen) atoms. The lowest BCUT2D eigenvalue weighted by molar-refractivity contribution is -0.0432. The predicted octanol–water partition coefficient (Wildman–Crippen LogP) is -0.312. The van der Waals surface area contributed by atoms with Gasteiger partial charge in [0.1, 0.15) is 18.7 Å². The summed E-state index contributed by atoms with van der Waals surface area (Å²) in [6, 6.07) is 0. The lowest BCUT2D eigenvalue weighted by Crippen LogP contribution is -2.24. The molecule has 0 bridgehead atoms. The largest absolute Gasteiger partial charge is 0.394 e. The summed E-state index contributed by atoms with van der Waals surface area (Å²) in [5.74, 6) is 0.467. The predicted molar refractivity (Wildman–Crippen MR) is 78.8 cm³/mol. The summed E-state index contributed by atoms with van der Waals surface area (Å²) in [5.41, 5.74) is 1.14. The number of hydrogen-bond donors (Lipinski definition) is 2. The Morgan fingerprint density at radius 1 is 1.45 bits per heavy atom. The number of hydrogen-bond acceptors (Lipinski definition) is 7. The topological polar surface area (TPSA) is 109 Å². The third-order valence-electron chi connectivity index (χ3n) is 3.44. The molecule has 0 spiro atoms. The Bertz CT molecular complexity index is 685. The molecule has 3 rings (SSSR count). The number of aliphatic hydroxyl groups is 2. The van der Waals surface area contributed by atoms with Gasteiger partial charge in [-0.1, -0.05) is 0 Å². The monoisotopic (exact) mass is 306 g/mol. The van der Waals surface area contributed by atoms with Crippen LogP contribution in [0.5, 0.6) is 0 Å². The van der Waals surface area contributed by atoms with Gasteiger partial charge in [0.15, 0.2) is 17.0 Å². The van der Waals surface area contributed by atoms with Gasteiger partial charge in [-0.25, -0.2) is 19.9 Å². The fraction of sp³-hybridized carbons (Fsp3) is 0.538. The molecular formula is C13H18N6O3. The van der Waals surface area contributed by atoms with Crippen molar-refractivity contribution < 1.29 is 14.9 Å². The lowest BCUT2D eigenvalue weighted by atomic mass is 10.2. The number of ether oxygens (including phenoxy) is 1. The van der Waals surface area contributed by atoms with Crippen molar-refractivity contribution in [2.75, 3.05) is 20.7 Å². The Morgan fingerprint density at radius 3 is 2.95 bits per heavy atom. The quantitative estimate of drug-likeness (QED) is 0.589. The molecule has 0 amide bonds. The average Bonchev–Trinajstić information content (AvgIpc) is 3.08. The van der Waals surface area contributed by atoms with E-state index in [4.69, 9.17) is 4.74 Å². The Balaban J connectivity index is 1.95. The molecule has 9 heteroatoms. The molecule has 3 heterocycles. The number of rotatable bonds is 4. The smallest absolute Gasteiger partial charge is 0.184 e. The number of aromatic nitrogens is 4. The highest BCUT2D eigenvalue weighted by atomic mass is 16.5. The molecular weight excluding hydrogens is 288 g/mol. The van der Waals surface area contributed by atoms with Crippen LogP contribution in [0.1, 0.15) is 12.6 Å². The van der Waals surface area contributed by atoms with E-state index in [1.807, 2.05) is 14.1 Å². The molecule has 118 valence electrons. The van der Waals surface area contributed by atoms with Crippen LogP contribution in [-0.4, -0.2) is 73.9 Å². The maximum Gasteiger partial charge on any atom is 0.184 e. The maximum absolute atomic E-state index is 9.85. The van der Waals surface area contributed by atoms with Crippen LogP contribution in [0, 0.1) is 0 Å². The molecule has 0 aromatic carbocycles. The van der Waals surface area contributed by atoms with Gasteiger partial charge >= 0.3 is 0 Å². The third kappa shape index (κ3) is 2.65. The Labute approximate surface area is 126 Å². The van der Waals surface area contributed by atoms with Gasteiger partial charge in [-0.2, -0.15) is 0 Å². The molecule has 1 aliphatic heterocycles. The van der Waals surface area contributed by atoms with Crippen molar-refractivity contribution in [1.82, 2.24) is 24.4 Å². The van der Waals surface area contributed by atoms with Crippen molar-refractivity contribution in [3.05, 3.63) is 12.7 Å². The van der Waals surface area contributed by atoms with Gasteiger partial charge in [0.05, 0.1) is 25.4 Å². The first kappa shape index (κ1) is 14.8. The van der Waals surface area contributed by atoms with Gasteiger partial charge in [0.25, 0.3) is 0 Å². The van der Waals surface area contributed by atoms with Crippen LogP contribution in [0.3, 0.4) is 0 Å². The summed E-state index contributed by atoms with van der Waals surface area (Å²) in [4.78, 5) is 18.7. The highest BCUT2D eigenvalue weighted by Gasteiger charge is 2.35. The number of imidazole rings is 1. The number of aliphatic hydroxyl groups excluding tert-OH is 2. The molecule has 1 aliphatic rings. The van der Waals surface area contributed by atoms with E-state index in [0.29, 0.717) is 23.4 Å². The van der Waals surface area contributed by atoms with E-state index < -0.39 is 18.4 Å². The van der Waals surface area contributed by atoms with Crippen LogP contribution >= 0.6 is 0 Å². The first-order chi connectivity index (χ1) is 10.6. The summed E-state index contributed by atoms with van der Waals surface area (Å²) in [7, 11) is 3.73. The van der Waals surface area contributed by atoms with Crippen molar-refractivity contribution in [1.29, 1.82) is 0 Å². The van der Waals surface area contributed by atoms with E-state index in [1.165, 1.54) is 6.33 Å². The van der Waals surface area contributed by atoms with Crippen LogP contribution < -0.4 is 0 Å². The summed E-state index contributed by atoms with van der Waals surface area (Å²) in [5, 5.41) is 19.0. The zero-order valence-electron chi connectivity index (χ0n) is 12.4. The van der Waals surface area contributed by atoms with Crippen molar-refractivity contribution >= 4 is 23.3 Å². The minimum atomic E-state index is -0.708. The normalized spacial score (nSPS) is 25.4. The Morgan fingerprint density at radius 2 is 2.27 bits per heavy atom. The Hall–Kier alpha value is -2.10. The lowest BCUT2D eigenvalue weighted by Gasteiger charge is -2.13.